The number of nitrogens with zero attached hydrogens (tertiary/aromatic N) is 3. The normalized spacial score (nSPS) is 14.3. The molecule has 0 saturated heterocycles. The number of nitrogens with one attached hydrogen (secondary N) is 1. The number of carbonyl (C=O) groups excluding carboxylic acids is 3. The van der Waals surface area contributed by atoms with E-state index < -0.39 is 12.0 Å². The standard InChI is InChI=1S/C20H32N4O4/c1-5-15(3)23(20(27)21-12-19(26)28-6-2)14-18(25)24(16-9-10-16)13-17-8-7-11-22(17)4/h7-8,11,15-16H,5-6,9-10,12-14H2,1-4H3,(H,21,27). The van der Waals surface area contributed by atoms with Crippen molar-refractivity contribution in [3.05, 3.63) is 24.0 Å². The number of hydrogen-bond donors (Lipinski definition) is 1. The smallest absolute Gasteiger partial charge is 0.325 e. The van der Waals surface area contributed by atoms with E-state index in [0.29, 0.717) is 13.0 Å². The maximum atomic E-state index is 13.0. The summed E-state index contributed by atoms with van der Waals surface area (Å²) in [6.45, 7) is 6.15. The lowest BCUT2D eigenvalue weighted by Crippen LogP contribution is -2.51. The Morgan fingerprint density at radius 2 is 2.04 bits per heavy atom. The lowest BCUT2D eigenvalue weighted by molar-refractivity contribution is -0.141. The Hall–Kier alpha value is -2.51. The molecule has 1 fully saturated rings. The van der Waals surface area contributed by atoms with Crippen LogP contribution in [0.5, 0.6) is 0 Å². The molecular formula is C20H32N4O4. The van der Waals surface area contributed by atoms with Crippen LogP contribution < -0.4 is 5.32 Å². The highest BCUT2D eigenvalue weighted by Crippen LogP contribution is 2.28. The van der Waals surface area contributed by atoms with E-state index in [4.69, 9.17) is 4.74 Å². The second-order valence-electron chi connectivity index (χ2n) is 7.21. The lowest BCUT2D eigenvalue weighted by atomic mass is 10.2. The Morgan fingerprint density at radius 3 is 2.57 bits per heavy atom. The minimum atomic E-state index is -0.491. The molecule has 1 aromatic rings. The first-order valence-electron chi connectivity index (χ1n) is 9.97. The topological polar surface area (TPSA) is 83.9 Å². The van der Waals surface area contributed by atoms with Gasteiger partial charge in [-0.15, -0.1) is 0 Å². The third-order valence-electron chi connectivity index (χ3n) is 5.07. The molecule has 1 unspecified atom stereocenters. The molecule has 0 aliphatic heterocycles. The second-order valence-corrected chi connectivity index (χ2v) is 7.21. The van der Waals surface area contributed by atoms with Crippen molar-refractivity contribution in [1.82, 2.24) is 19.7 Å². The third-order valence-corrected chi connectivity index (χ3v) is 5.07. The fraction of sp³-hybridized carbons (Fsp3) is 0.650. The van der Waals surface area contributed by atoms with Gasteiger partial charge in [0.05, 0.1) is 13.2 Å². The highest BCUT2D eigenvalue weighted by atomic mass is 16.5. The van der Waals surface area contributed by atoms with Crippen LogP contribution in [0.4, 0.5) is 4.79 Å². The molecule has 1 heterocycles. The Bertz CT molecular complexity index is 684. The number of hydrogen-bond acceptors (Lipinski definition) is 4. The summed E-state index contributed by atoms with van der Waals surface area (Å²) >= 11 is 0. The van der Waals surface area contributed by atoms with E-state index in [2.05, 4.69) is 5.32 Å². The molecule has 3 amide bonds. The Kier molecular flexibility index (Phi) is 7.90. The number of ether oxygens (including phenoxy) is 1. The predicted octanol–water partition coefficient (Wildman–Crippen LogP) is 1.89. The maximum Gasteiger partial charge on any atom is 0.325 e. The summed E-state index contributed by atoms with van der Waals surface area (Å²) in [7, 11) is 1.96. The van der Waals surface area contributed by atoms with Gasteiger partial charge in [0.15, 0.2) is 0 Å². The van der Waals surface area contributed by atoms with Crippen molar-refractivity contribution in [2.45, 2.75) is 58.7 Å². The van der Waals surface area contributed by atoms with Crippen molar-refractivity contribution in [2.75, 3.05) is 19.7 Å². The van der Waals surface area contributed by atoms with Crippen LogP contribution in [0.15, 0.2) is 18.3 Å². The van der Waals surface area contributed by atoms with Crippen molar-refractivity contribution < 1.29 is 19.1 Å². The predicted molar refractivity (Wildman–Crippen MR) is 105 cm³/mol. The molecule has 0 radical (unpaired) electrons. The molecule has 1 aliphatic rings. The Morgan fingerprint density at radius 1 is 1.32 bits per heavy atom. The molecule has 0 bridgehead atoms. The van der Waals surface area contributed by atoms with E-state index in [-0.39, 0.29) is 37.7 Å². The molecule has 156 valence electrons. The molecule has 8 nitrogen and oxygen atoms in total. The van der Waals surface area contributed by atoms with Crippen molar-refractivity contribution in [2.24, 2.45) is 7.05 Å². The molecule has 2 rings (SSSR count). The molecule has 1 atom stereocenters. The van der Waals surface area contributed by atoms with Crippen molar-refractivity contribution in [3.63, 3.8) is 0 Å². The number of amides is 3. The minimum absolute atomic E-state index is 0.00934. The van der Waals surface area contributed by atoms with Gasteiger partial charge in [-0.1, -0.05) is 6.92 Å². The zero-order valence-corrected chi connectivity index (χ0v) is 17.3. The molecule has 28 heavy (non-hydrogen) atoms. The number of urea groups is 1. The van der Waals surface area contributed by atoms with E-state index in [9.17, 15) is 14.4 Å². The van der Waals surface area contributed by atoms with E-state index in [1.165, 1.54) is 4.90 Å². The number of aryl methyl sites for hydroxylation is 1. The van der Waals surface area contributed by atoms with Gasteiger partial charge in [0.2, 0.25) is 5.91 Å². The van der Waals surface area contributed by atoms with Gasteiger partial charge in [-0.25, -0.2) is 4.79 Å². The first kappa shape index (κ1) is 21.8. The molecule has 0 aromatic carbocycles. The summed E-state index contributed by atoms with van der Waals surface area (Å²) in [5.74, 6) is -0.565. The Balaban J connectivity index is 2.02. The van der Waals surface area contributed by atoms with Crippen molar-refractivity contribution in [3.8, 4) is 0 Å². The van der Waals surface area contributed by atoms with Gasteiger partial charge in [0, 0.05) is 31.0 Å². The zero-order valence-electron chi connectivity index (χ0n) is 17.3. The fourth-order valence-electron chi connectivity index (χ4n) is 2.99. The third kappa shape index (κ3) is 6.00. The van der Waals surface area contributed by atoms with Gasteiger partial charge in [-0.05, 0) is 45.2 Å². The molecule has 1 aromatic heterocycles. The summed E-state index contributed by atoms with van der Waals surface area (Å²) in [4.78, 5) is 40.5. The van der Waals surface area contributed by atoms with Gasteiger partial charge < -0.3 is 24.4 Å². The number of aromatic nitrogens is 1. The van der Waals surface area contributed by atoms with Crippen LogP contribution in [0.3, 0.4) is 0 Å². The molecule has 1 aliphatic carbocycles. The first-order valence-corrected chi connectivity index (χ1v) is 9.97. The summed E-state index contributed by atoms with van der Waals surface area (Å²) in [5, 5.41) is 2.56. The van der Waals surface area contributed by atoms with Crippen LogP contribution in [0, 0.1) is 0 Å². The number of carbonyl (C=O) groups is 3. The van der Waals surface area contributed by atoms with Gasteiger partial charge >= 0.3 is 12.0 Å². The summed E-state index contributed by atoms with van der Waals surface area (Å²) < 4.78 is 6.84. The molecule has 0 spiro atoms. The number of rotatable bonds is 10. The van der Waals surface area contributed by atoms with Crippen LogP contribution in [0.2, 0.25) is 0 Å². The minimum Gasteiger partial charge on any atom is -0.465 e. The quantitative estimate of drug-likeness (QED) is 0.617. The van der Waals surface area contributed by atoms with Crippen LogP contribution in [-0.4, -0.2) is 64.1 Å². The van der Waals surface area contributed by atoms with Crippen LogP contribution in [0.1, 0.15) is 45.7 Å². The lowest BCUT2D eigenvalue weighted by Gasteiger charge is -2.31. The van der Waals surface area contributed by atoms with E-state index in [1.54, 1.807) is 6.92 Å². The fourth-order valence-corrected chi connectivity index (χ4v) is 2.99. The van der Waals surface area contributed by atoms with Crippen LogP contribution in [0.25, 0.3) is 0 Å². The Labute approximate surface area is 166 Å². The maximum absolute atomic E-state index is 13.0. The van der Waals surface area contributed by atoms with Gasteiger partial charge in [-0.3, -0.25) is 9.59 Å². The van der Waals surface area contributed by atoms with Gasteiger partial charge in [0.25, 0.3) is 0 Å². The molecule has 1 N–H and O–H groups in total. The highest BCUT2D eigenvalue weighted by Gasteiger charge is 2.34. The zero-order chi connectivity index (χ0) is 20.7. The van der Waals surface area contributed by atoms with Crippen molar-refractivity contribution >= 4 is 17.9 Å². The number of esters is 1. The first-order chi connectivity index (χ1) is 13.4. The average molecular weight is 393 g/mol. The largest absolute Gasteiger partial charge is 0.465 e. The van der Waals surface area contributed by atoms with Gasteiger partial charge in [0.1, 0.15) is 13.1 Å². The monoisotopic (exact) mass is 392 g/mol. The van der Waals surface area contributed by atoms with E-state index in [1.807, 2.05) is 48.7 Å². The summed E-state index contributed by atoms with van der Waals surface area (Å²) in [6, 6.07) is 3.65. The van der Waals surface area contributed by atoms with Crippen LogP contribution in [-0.2, 0) is 27.9 Å². The molecular weight excluding hydrogens is 360 g/mol. The summed E-state index contributed by atoms with van der Waals surface area (Å²) in [6.07, 6.45) is 4.66. The van der Waals surface area contributed by atoms with E-state index in [0.717, 1.165) is 18.5 Å². The molecule has 8 heteroatoms. The highest BCUT2D eigenvalue weighted by molar-refractivity contribution is 5.86. The van der Waals surface area contributed by atoms with E-state index >= 15 is 0 Å². The van der Waals surface area contributed by atoms with Crippen LogP contribution >= 0.6 is 0 Å². The van der Waals surface area contributed by atoms with Crippen molar-refractivity contribution in [1.29, 1.82) is 0 Å². The van der Waals surface area contributed by atoms with Gasteiger partial charge in [-0.2, -0.15) is 0 Å². The second kappa shape index (κ2) is 10.1. The molecule has 1 saturated carbocycles. The SMILES string of the molecule is CCOC(=O)CNC(=O)N(CC(=O)N(Cc1cccn1C)C1CC1)C(C)CC. The average Bonchev–Trinajstić information content (AvgIpc) is 3.43. The summed E-state index contributed by atoms with van der Waals surface area (Å²) in [5.41, 5.74) is 1.06.